The minimum Gasteiger partial charge on any atom is -0.507 e. The highest BCUT2D eigenvalue weighted by molar-refractivity contribution is 6.30. The number of nitrogens with zero attached hydrogens (tertiary/aromatic N) is 1. The lowest BCUT2D eigenvalue weighted by atomic mass is 9.98. The van der Waals surface area contributed by atoms with Gasteiger partial charge >= 0.3 is 0 Å². The maximum absolute atomic E-state index is 12.7. The Morgan fingerprint density at radius 1 is 1.52 bits per heavy atom. The molecular weight excluding hydrogens is 288 g/mol. The van der Waals surface area contributed by atoms with Crippen LogP contribution < -0.4 is 5.32 Å². The highest BCUT2D eigenvalue weighted by Gasteiger charge is 2.25. The van der Waals surface area contributed by atoms with E-state index in [2.05, 4.69) is 5.32 Å². The predicted molar refractivity (Wildman–Crippen MR) is 84.9 cm³/mol. The minimum absolute atomic E-state index is 0.0556. The molecule has 0 saturated carbocycles. The largest absolute Gasteiger partial charge is 0.507 e. The van der Waals surface area contributed by atoms with Gasteiger partial charge in [0.1, 0.15) is 5.75 Å². The topological polar surface area (TPSA) is 52.6 Å². The summed E-state index contributed by atoms with van der Waals surface area (Å²) in [7, 11) is 0. The first-order valence-corrected chi connectivity index (χ1v) is 7.87. The van der Waals surface area contributed by atoms with Crippen LogP contribution in [-0.2, 0) is 0 Å². The van der Waals surface area contributed by atoms with Crippen LogP contribution in [0.25, 0.3) is 0 Å². The van der Waals surface area contributed by atoms with Gasteiger partial charge in [-0.05, 0) is 63.9 Å². The van der Waals surface area contributed by atoms with E-state index in [0.717, 1.165) is 25.9 Å². The summed E-state index contributed by atoms with van der Waals surface area (Å²) in [6.45, 7) is 6.72. The van der Waals surface area contributed by atoms with Crippen LogP contribution >= 0.6 is 11.6 Å². The average Bonchev–Trinajstić information content (AvgIpc) is 2.45. The van der Waals surface area contributed by atoms with Crippen molar-refractivity contribution in [3.63, 3.8) is 0 Å². The van der Waals surface area contributed by atoms with Gasteiger partial charge in [-0.3, -0.25) is 4.79 Å². The number of nitrogens with one attached hydrogen (secondary N) is 1. The van der Waals surface area contributed by atoms with Crippen LogP contribution in [0.5, 0.6) is 5.75 Å². The molecule has 1 fully saturated rings. The maximum Gasteiger partial charge on any atom is 0.257 e. The van der Waals surface area contributed by atoms with Crippen molar-refractivity contribution in [2.45, 2.75) is 32.7 Å². The lowest BCUT2D eigenvalue weighted by molar-refractivity contribution is 0.0658. The van der Waals surface area contributed by atoms with Crippen molar-refractivity contribution in [2.24, 2.45) is 5.92 Å². The Bertz CT molecular complexity index is 499. The normalized spacial score (nSPS) is 18.8. The van der Waals surface area contributed by atoms with E-state index in [9.17, 15) is 9.90 Å². The molecule has 1 atom stereocenters. The summed E-state index contributed by atoms with van der Waals surface area (Å²) in [5.41, 5.74) is 0.317. The summed E-state index contributed by atoms with van der Waals surface area (Å²) in [4.78, 5) is 14.5. The Labute approximate surface area is 131 Å². The molecule has 21 heavy (non-hydrogen) atoms. The Hall–Kier alpha value is -1.26. The summed E-state index contributed by atoms with van der Waals surface area (Å²) in [5.74, 6) is 0.282. The molecule has 1 heterocycles. The maximum atomic E-state index is 12.7. The van der Waals surface area contributed by atoms with Crippen LogP contribution in [0.15, 0.2) is 18.2 Å². The Balaban J connectivity index is 2.14. The molecule has 1 aromatic rings. The second-order valence-corrected chi connectivity index (χ2v) is 6.36. The number of phenolic OH excluding ortho intramolecular Hbond substituents is 1. The molecule has 1 aliphatic rings. The first kappa shape index (κ1) is 16.1. The molecule has 5 heteroatoms. The number of carbonyl (C=O) groups is 1. The van der Waals surface area contributed by atoms with E-state index >= 15 is 0 Å². The number of carbonyl (C=O) groups excluding carboxylic acids is 1. The van der Waals surface area contributed by atoms with Gasteiger partial charge in [0.05, 0.1) is 5.56 Å². The quantitative estimate of drug-likeness (QED) is 0.899. The molecule has 1 amide bonds. The van der Waals surface area contributed by atoms with Gasteiger partial charge in [0.2, 0.25) is 0 Å². The highest BCUT2D eigenvalue weighted by atomic mass is 35.5. The average molecular weight is 311 g/mol. The second kappa shape index (κ2) is 7.14. The zero-order valence-electron chi connectivity index (χ0n) is 12.6. The number of aromatic hydroxyl groups is 1. The van der Waals surface area contributed by atoms with Gasteiger partial charge in [0, 0.05) is 17.6 Å². The number of piperidine rings is 1. The molecule has 2 N–H and O–H groups in total. The van der Waals surface area contributed by atoms with Crippen LogP contribution in [0.3, 0.4) is 0 Å². The van der Waals surface area contributed by atoms with Gasteiger partial charge in [0.25, 0.3) is 5.91 Å². The van der Waals surface area contributed by atoms with Crippen LogP contribution in [0.2, 0.25) is 5.02 Å². The van der Waals surface area contributed by atoms with Crippen molar-refractivity contribution < 1.29 is 9.90 Å². The first-order chi connectivity index (χ1) is 9.99. The van der Waals surface area contributed by atoms with E-state index in [1.165, 1.54) is 6.07 Å². The van der Waals surface area contributed by atoms with Gasteiger partial charge in [-0.15, -0.1) is 0 Å². The molecular formula is C16H23ClN2O2. The van der Waals surface area contributed by atoms with Gasteiger partial charge in [-0.2, -0.15) is 0 Å². The molecule has 116 valence electrons. The fourth-order valence-electron chi connectivity index (χ4n) is 2.73. The highest BCUT2D eigenvalue weighted by Crippen LogP contribution is 2.25. The predicted octanol–water partition coefficient (Wildman–Crippen LogP) is 2.90. The standard InChI is InChI=1S/C16H23ClN2O2/c1-11(2)19(10-12-4-3-7-18-9-12)16(21)14-6-5-13(17)8-15(14)20/h5-6,8,11-12,18,20H,3-4,7,9-10H2,1-2H3. The number of phenols is 1. The van der Waals surface area contributed by atoms with Crippen molar-refractivity contribution >= 4 is 17.5 Å². The molecule has 2 rings (SSSR count). The van der Waals surface area contributed by atoms with E-state index in [4.69, 9.17) is 11.6 Å². The van der Waals surface area contributed by atoms with Crippen molar-refractivity contribution in [3.8, 4) is 5.75 Å². The van der Waals surface area contributed by atoms with E-state index < -0.39 is 0 Å². The summed E-state index contributed by atoms with van der Waals surface area (Å²) in [6.07, 6.45) is 2.28. The molecule has 1 unspecified atom stereocenters. The SMILES string of the molecule is CC(C)N(CC1CCCNC1)C(=O)c1ccc(Cl)cc1O. The molecule has 0 radical (unpaired) electrons. The van der Waals surface area contributed by atoms with Crippen LogP contribution in [0, 0.1) is 5.92 Å². The molecule has 4 nitrogen and oxygen atoms in total. The third kappa shape index (κ3) is 4.11. The summed E-state index contributed by atoms with van der Waals surface area (Å²) in [5, 5.41) is 13.8. The molecule has 0 spiro atoms. The summed E-state index contributed by atoms with van der Waals surface area (Å²) >= 11 is 5.83. The van der Waals surface area contributed by atoms with Gasteiger partial charge in [0.15, 0.2) is 0 Å². The van der Waals surface area contributed by atoms with Crippen LogP contribution in [0.1, 0.15) is 37.0 Å². The van der Waals surface area contributed by atoms with Gasteiger partial charge in [-0.25, -0.2) is 0 Å². The Morgan fingerprint density at radius 3 is 2.86 bits per heavy atom. The first-order valence-electron chi connectivity index (χ1n) is 7.49. The fourth-order valence-corrected chi connectivity index (χ4v) is 2.89. The molecule has 1 saturated heterocycles. The molecule has 0 bridgehead atoms. The second-order valence-electron chi connectivity index (χ2n) is 5.93. The van der Waals surface area contributed by atoms with Crippen molar-refractivity contribution in [3.05, 3.63) is 28.8 Å². The lowest BCUT2D eigenvalue weighted by Crippen LogP contribution is -2.44. The Morgan fingerprint density at radius 2 is 2.29 bits per heavy atom. The van der Waals surface area contributed by atoms with Crippen molar-refractivity contribution in [1.82, 2.24) is 10.2 Å². The van der Waals surface area contributed by atoms with Crippen molar-refractivity contribution in [2.75, 3.05) is 19.6 Å². The molecule has 1 aliphatic heterocycles. The van der Waals surface area contributed by atoms with E-state index in [1.54, 1.807) is 12.1 Å². The van der Waals surface area contributed by atoms with Crippen LogP contribution in [0.4, 0.5) is 0 Å². The lowest BCUT2D eigenvalue weighted by Gasteiger charge is -2.33. The smallest absolute Gasteiger partial charge is 0.257 e. The zero-order valence-corrected chi connectivity index (χ0v) is 13.4. The molecule has 0 aliphatic carbocycles. The number of rotatable bonds is 4. The number of halogens is 1. The third-order valence-corrected chi connectivity index (χ3v) is 4.16. The van der Waals surface area contributed by atoms with E-state index in [-0.39, 0.29) is 17.7 Å². The number of hydrogen-bond donors (Lipinski definition) is 2. The Kier molecular flexibility index (Phi) is 5.48. The number of hydrogen-bond acceptors (Lipinski definition) is 3. The molecule has 1 aromatic carbocycles. The van der Waals surface area contributed by atoms with Crippen LogP contribution in [-0.4, -0.2) is 41.6 Å². The van der Waals surface area contributed by atoms with Gasteiger partial charge in [-0.1, -0.05) is 11.6 Å². The number of benzene rings is 1. The minimum atomic E-state index is -0.134. The summed E-state index contributed by atoms with van der Waals surface area (Å²) < 4.78 is 0. The third-order valence-electron chi connectivity index (χ3n) is 3.93. The van der Waals surface area contributed by atoms with E-state index in [0.29, 0.717) is 23.0 Å². The zero-order chi connectivity index (χ0) is 15.4. The monoisotopic (exact) mass is 310 g/mol. The number of amides is 1. The molecule has 0 aromatic heterocycles. The fraction of sp³-hybridized carbons (Fsp3) is 0.562. The summed E-state index contributed by atoms with van der Waals surface area (Å²) in [6, 6.07) is 4.73. The van der Waals surface area contributed by atoms with Crippen molar-refractivity contribution in [1.29, 1.82) is 0 Å². The van der Waals surface area contributed by atoms with Gasteiger partial charge < -0.3 is 15.3 Å². The van der Waals surface area contributed by atoms with E-state index in [1.807, 2.05) is 18.7 Å².